The molecule has 118 valence electrons. The number of benzene rings is 1. The topological polar surface area (TPSA) is 68.3 Å². The minimum absolute atomic E-state index is 0.259. The van der Waals surface area contributed by atoms with Crippen molar-refractivity contribution in [1.82, 2.24) is 10.3 Å². The van der Waals surface area contributed by atoms with Crippen LogP contribution in [0.5, 0.6) is 0 Å². The van der Waals surface area contributed by atoms with Crippen LogP contribution in [-0.4, -0.2) is 30.0 Å². The van der Waals surface area contributed by atoms with Crippen LogP contribution >= 0.6 is 0 Å². The molecule has 0 unspecified atom stereocenters. The molecule has 0 fully saturated rings. The van der Waals surface area contributed by atoms with Gasteiger partial charge < -0.3 is 10.1 Å². The van der Waals surface area contributed by atoms with E-state index in [-0.39, 0.29) is 5.69 Å². The van der Waals surface area contributed by atoms with Gasteiger partial charge in [-0.15, -0.1) is 12.3 Å². The predicted octanol–water partition coefficient (Wildman–Crippen LogP) is 2.31. The van der Waals surface area contributed by atoms with Gasteiger partial charge in [-0.3, -0.25) is 4.79 Å². The van der Waals surface area contributed by atoms with E-state index in [1.165, 1.54) is 7.11 Å². The highest BCUT2D eigenvalue weighted by atomic mass is 16.5. The number of fused-ring (bicyclic) bond motifs is 1. The number of pyridine rings is 1. The molecule has 1 amide bonds. The molecule has 0 saturated carbocycles. The number of para-hydroxylation sites is 1. The Kier molecular flexibility index (Phi) is 5.70. The summed E-state index contributed by atoms with van der Waals surface area (Å²) < 4.78 is 4.72. The van der Waals surface area contributed by atoms with Crippen molar-refractivity contribution in [3.8, 4) is 12.3 Å². The van der Waals surface area contributed by atoms with Crippen molar-refractivity contribution < 1.29 is 14.3 Å². The Morgan fingerprint density at radius 2 is 2.09 bits per heavy atom. The van der Waals surface area contributed by atoms with Gasteiger partial charge >= 0.3 is 5.97 Å². The molecule has 5 nitrogen and oxygen atoms in total. The average Bonchev–Trinajstić information content (AvgIpc) is 2.59. The lowest BCUT2D eigenvalue weighted by Gasteiger charge is -2.15. The van der Waals surface area contributed by atoms with E-state index in [9.17, 15) is 9.59 Å². The van der Waals surface area contributed by atoms with E-state index in [4.69, 9.17) is 11.2 Å². The van der Waals surface area contributed by atoms with E-state index < -0.39 is 17.9 Å². The fraction of sp³-hybridized carbons (Fsp3) is 0.278. The van der Waals surface area contributed by atoms with Crippen LogP contribution < -0.4 is 5.32 Å². The normalized spacial score (nSPS) is 11.5. The minimum atomic E-state index is -0.728. The van der Waals surface area contributed by atoms with Crippen molar-refractivity contribution in [1.29, 1.82) is 0 Å². The third-order valence-electron chi connectivity index (χ3n) is 3.44. The monoisotopic (exact) mass is 310 g/mol. The Morgan fingerprint density at radius 1 is 1.30 bits per heavy atom. The molecule has 2 aromatic rings. The van der Waals surface area contributed by atoms with Gasteiger partial charge in [-0.05, 0) is 25.0 Å². The van der Waals surface area contributed by atoms with Crippen molar-refractivity contribution in [2.75, 3.05) is 7.11 Å². The summed E-state index contributed by atoms with van der Waals surface area (Å²) in [5, 5.41) is 3.61. The number of hydrogen-bond acceptors (Lipinski definition) is 4. The van der Waals surface area contributed by atoms with Gasteiger partial charge in [0, 0.05) is 11.8 Å². The second-order valence-electron chi connectivity index (χ2n) is 5.03. The highest BCUT2D eigenvalue weighted by Gasteiger charge is 2.22. The summed E-state index contributed by atoms with van der Waals surface area (Å²) >= 11 is 0. The van der Waals surface area contributed by atoms with E-state index in [1.54, 1.807) is 6.07 Å². The van der Waals surface area contributed by atoms with Gasteiger partial charge in [0.05, 0.1) is 12.6 Å². The van der Waals surface area contributed by atoms with Crippen molar-refractivity contribution in [2.45, 2.75) is 25.3 Å². The van der Waals surface area contributed by atoms with Gasteiger partial charge in [-0.2, -0.15) is 0 Å². The highest BCUT2D eigenvalue weighted by molar-refractivity contribution is 5.97. The maximum atomic E-state index is 12.3. The highest BCUT2D eigenvalue weighted by Crippen LogP contribution is 2.12. The first-order chi connectivity index (χ1) is 11.2. The number of amides is 1. The van der Waals surface area contributed by atoms with Gasteiger partial charge in [0.1, 0.15) is 11.7 Å². The van der Waals surface area contributed by atoms with Crippen LogP contribution in [0.15, 0.2) is 36.4 Å². The van der Waals surface area contributed by atoms with E-state index in [0.717, 1.165) is 10.9 Å². The number of nitrogens with zero attached hydrogens (tertiary/aromatic N) is 1. The van der Waals surface area contributed by atoms with Crippen LogP contribution in [0.1, 0.15) is 29.8 Å². The zero-order chi connectivity index (χ0) is 16.7. The Labute approximate surface area is 135 Å². The summed E-state index contributed by atoms with van der Waals surface area (Å²) in [6, 6.07) is 10.2. The zero-order valence-corrected chi connectivity index (χ0v) is 12.9. The lowest BCUT2D eigenvalue weighted by atomic mass is 10.1. The number of carbonyl (C=O) groups is 2. The quantitative estimate of drug-likeness (QED) is 0.505. The number of carbonyl (C=O) groups excluding carboxylic acids is 2. The van der Waals surface area contributed by atoms with Crippen LogP contribution in [-0.2, 0) is 9.53 Å². The lowest BCUT2D eigenvalue weighted by Crippen LogP contribution is -2.41. The summed E-state index contributed by atoms with van der Waals surface area (Å²) in [4.78, 5) is 28.4. The predicted molar refractivity (Wildman–Crippen MR) is 87.7 cm³/mol. The van der Waals surface area contributed by atoms with Crippen LogP contribution in [0, 0.1) is 12.3 Å². The van der Waals surface area contributed by atoms with Gasteiger partial charge in [0.15, 0.2) is 0 Å². The Hall–Kier alpha value is -2.87. The molecule has 0 aliphatic carbocycles. The number of nitrogens with one attached hydrogen (secondary N) is 1. The number of terminal acetylenes is 1. The molecule has 1 N–H and O–H groups in total. The number of ether oxygens (including phenoxy) is 1. The summed E-state index contributed by atoms with van der Waals surface area (Å²) in [7, 11) is 1.29. The second-order valence-corrected chi connectivity index (χ2v) is 5.03. The van der Waals surface area contributed by atoms with Gasteiger partial charge in [-0.1, -0.05) is 24.3 Å². The molecule has 2 rings (SSSR count). The Balaban J connectivity index is 2.12. The standard InChI is InChI=1S/C18H18N2O3/c1-3-4-5-10-16(18(22)23-2)20-17(21)15-12-11-13-8-6-7-9-14(13)19-15/h1,6-9,11-12,16H,4-5,10H2,2H3,(H,20,21)/t16-/m0/s1. The molecule has 1 heterocycles. The average molecular weight is 310 g/mol. The molecule has 1 atom stereocenters. The smallest absolute Gasteiger partial charge is 0.328 e. The van der Waals surface area contributed by atoms with Crippen LogP contribution in [0.25, 0.3) is 10.9 Å². The molecule has 0 aliphatic rings. The fourth-order valence-electron chi connectivity index (χ4n) is 2.22. The number of aromatic nitrogens is 1. The third-order valence-corrected chi connectivity index (χ3v) is 3.44. The molecular formula is C18H18N2O3. The Bertz CT molecular complexity index is 749. The molecule has 1 aromatic carbocycles. The molecule has 0 radical (unpaired) electrons. The first-order valence-electron chi connectivity index (χ1n) is 7.33. The molecular weight excluding hydrogens is 292 g/mol. The number of hydrogen-bond donors (Lipinski definition) is 1. The lowest BCUT2D eigenvalue weighted by molar-refractivity contribution is -0.143. The molecule has 0 saturated heterocycles. The number of rotatable bonds is 6. The first-order valence-corrected chi connectivity index (χ1v) is 7.33. The Morgan fingerprint density at radius 3 is 2.83 bits per heavy atom. The van der Waals surface area contributed by atoms with E-state index in [1.807, 2.05) is 30.3 Å². The number of esters is 1. The van der Waals surface area contributed by atoms with Crippen molar-refractivity contribution in [3.05, 3.63) is 42.1 Å². The molecule has 5 heteroatoms. The summed E-state index contributed by atoms with van der Waals surface area (Å²) in [5.41, 5.74) is 0.983. The van der Waals surface area contributed by atoms with Crippen LogP contribution in [0.2, 0.25) is 0 Å². The molecule has 0 aliphatic heterocycles. The molecule has 0 spiro atoms. The number of methoxy groups -OCH3 is 1. The summed E-state index contributed by atoms with van der Waals surface area (Å²) in [5.74, 6) is 1.61. The maximum Gasteiger partial charge on any atom is 0.328 e. The first kappa shape index (κ1) is 16.5. The van der Waals surface area contributed by atoms with Gasteiger partial charge in [0.2, 0.25) is 0 Å². The van der Waals surface area contributed by atoms with Crippen LogP contribution in [0.4, 0.5) is 0 Å². The maximum absolute atomic E-state index is 12.3. The third kappa shape index (κ3) is 4.30. The summed E-state index contributed by atoms with van der Waals surface area (Å²) in [6.45, 7) is 0. The van der Waals surface area contributed by atoms with Gasteiger partial charge in [0.25, 0.3) is 5.91 Å². The van der Waals surface area contributed by atoms with Crippen molar-refractivity contribution in [3.63, 3.8) is 0 Å². The molecule has 0 bridgehead atoms. The summed E-state index contributed by atoms with van der Waals surface area (Å²) in [6.07, 6.45) is 6.80. The largest absolute Gasteiger partial charge is 0.467 e. The number of unbranched alkanes of at least 4 members (excludes halogenated alkanes) is 1. The van der Waals surface area contributed by atoms with E-state index in [0.29, 0.717) is 19.3 Å². The molecule has 1 aromatic heterocycles. The second kappa shape index (κ2) is 7.95. The minimum Gasteiger partial charge on any atom is -0.467 e. The molecule has 23 heavy (non-hydrogen) atoms. The van der Waals surface area contributed by atoms with E-state index in [2.05, 4.69) is 16.2 Å². The van der Waals surface area contributed by atoms with Crippen molar-refractivity contribution >= 4 is 22.8 Å². The fourth-order valence-corrected chi connectivity index (χ4v) is 2.22. The van der Waals surface area contributed by atoms with Crippen molar-refractivity contribution in [2.24, 2.45) is 0 Å². The van der Waals surface area contributed by atoms with E-state index >= 15 is 0 Å². The zero-order valence-electron chi connectivity index (χ0n) is 12.9. The SMILES string of the molecule is C#CCCC[C@H](NC(=O)c1ccc2ccccc2n1)C(=O)OC. The van der Waals surface area contributed by atoms with Crippen LogP contribution in [0.3, 0.4) is 0 Å². The van der Waals surface area contributed by atoms with Gasteiger partial charge in [-0.25, -0.2) is 9.78 Å².